The van der Waals surface area contributed by atoms with E-state index in [9.17, 15) is 0 Å². The van der Waals surface area contributed by atoms with Crippen molar-refractivity contribution < 1.29 is 8.44 Å². The van der Waals surface area contributed by atoms with Crippen LogP contribution in [-0.2, 0) is 8.44 Å². The fourth-order valence-corrected chi connectivity index (χ4v) is 0. The molecule has 0 bridgehead atoms. The zero-order chi connectivity index (χ0) is 3.58. The van der Waals surface area contributed by atoms with Gasteiger partial charge in [0.1, 0.15) is 0 Å². The summed E-state index contributed by atoms with van der Waals surface area (Å²) in [4.78, 5) is 0. The SMILES string of the molecule is [Cl][Ni-]([Cl])[I]. The Bertz CT molecular complexity index is 10.8. The number of hydrogen-bond acceptors (Lipinski definition) is 0. The summed E-state index contributed by atoms with van der Waals surface area (Å²) in [6.07, 6.45) is 0. The first-order chi connectivity index (χ1) is 1.73. The molecule has 0 spiro atoms. The first-order valence-electron chi connectivity index (χ1n) is 0.359. The molecule has 0 N–H and O–H groups in total. The topological polar surface area (TPSA) is 0 Å². The Morgan fingerprint density at radius 3 is 1.50 bits per heavy atom. The van der Waals surface area contributed by atoms with Crippen molar-refractivity contribution in [1.82, 2.24) is 0 Å². The first-order valence-corrected chi connectivity index (χ1v) is 6.26. The van der Waals surface area contributed by atoms with Crippen molar-refractivity contribution in [2.45, 2.75) is 0 Å². The minimum absolute atomic E-state index is 0.544. The van der Waals surface area contributed by atoms with E-state index in [1.165, 1.54) is 0 Å². The van der Waals surface area contributed by atoms with Crippen LogP contribution in [0.3, 0.4) is 0 Å². The van der Waals surface area contributed by atoms with Crippen molar-refractivity contribution in [3.63, 3.8) is 0 Å². The van der Waals surface area contributed by atoms with Gasteiger partial charge in [0.05, 0.1) is 0 Å². The molecule has 0 aliphatic heterocycles. The van der Waals surface area contributed by atoms with Gasteiger partial charge in [-0.25, -0.2) is 0 Å². The maximum absolute atomic E-state index is 5.07. The van der Waals surface area contributed by atoms with Gasteiger partial charge in [0.25, 0.3) is 0 Å². The second kappa shape index (κ2) is 3.01. The normalized spacial score (nSPS) is 11.2. The summed E-state index contributed by atoms with van der Waals surface area (Å²) in [6, 6.07) is 0. The molecule has 0 unspecified atom stereocenters. The molecule has 0 nitrogen and oxygen atoms in total. The number of halogens is 3. The second-order valence-corrected chi connectivity index (χ2v) is 9.17. The summed E-state index contributed by atoms with van der Waals surface area (Å²) in [5.74, 6) is 0. The Labute approximate surface area is 48.9 Å². The summed E-state index contributed by atoms with van der Waals surface area (Å²) in [6.45, 7) is 0. The fourth-order valence-electron chi connectivity index (χ4n) is 0. The Balaban J connectivity index is 2.32. The molecule has 32 valence electrons. The van der Waals surface area contributed by atoms with Crippen LogP contribution in [0.5, 0.6) is 0 Å². The zero-order valence-corrected chi connectivity index (χ0v) is 6.11. The van der Waals surface area contributed by atoms with Crippen LogP contribution < -0.4 is 0 Å². The zero-order valence-electron chi connectivity index (χ0n) is 1.45. The molecule has 0 heterocycles. The molecule has 0 atom stereocenters. The Hall–Kier alpha value is 1.80. The van der Waals surface area contributed by atoms with Crippen molar-refractivity contribution in [2.75, 3.05) is 0 Å². The maximum atomic E-state index is 5.07. The summed E-state index contributed by atoms with van der Waals surface area (Å²) < 4.78 is 0. The third-order valence-corrected chi connectivity index (χ3v) is 0. The third kappa shape index (κ3) is 9.19. The van der Waals surface area contributed by atoms with Gasteiger partial charge in [-0.3, -0.25) is 0 Å². The van der Waals surface area contributed by atoms with Crippen molar-refractivity contribution >= 4 is 40.9 Å². The summed E-state index contributed by atoms with van der Waals surface area (Å²) in [5.41, 5.74) is 0. The van der Waals surface area contributed by atoms with E-state index < -0.39 is 8.44 Å². The molecule has 0 rings (SSSR count). The van der Waals surface area contributed by atoms with Gasteiger partial charge in [-0.1, -0.05) is 0 Å². The van der Waals surface area contributed by atoms with Gasteiger partial charge in [-0.05, 0) is 0 Å². The van der Waals surface area contributed by atoms with Crippen LogP contribution in [0, 0.1) is 0 Å². The molecule has 0 aliphatic rings. The van der Waals surface area contributed by atoms with E-state index in [-0.39, 0.29) is 0 Å². The molecule has 4 heavy (non-hydrogen) atoms. The minimum atomic E-state index is -0.544. The van der Waals surface area contributed by atoms with E-state index in [1.807, 2.05) is 20.5 Å². The van der Waals surface area contributed by atoms with Crippen LogP contribution >= 0.6 is 40.9 Å². The van der Waals surface area contributed by atoms with E-state index >= 15 is 0 Å². The average Bonchev–Trinajstić information content (AvgIpc) is 0.811. The van der Waals surface area contributed by atoms with Gasteiger partial charge < -0.3 is 0 Å². The molecule has 0 fully saturated rings. The average molecular weight is 257 g/mol. The van der Waals surface area contributed by atoms with Crippen LogP contribution in [-0.4, -0.2) is 0 Å². The van der Waals surface area contributed by atoms with Crippen LogP contribution in [0.2, 0.25) is 0 Å². The Morgan fingerprint density at radius 1 is 1.50 bits per heavy atom. The van der Waals surface area contributed by atoms with Gasteiger partial charge in [0.15, 0.2) is 0 Å². The predicted molar refractivity (Wildman–Crippen MR) is 25.7 cm³/mol. The molecule has 0 aliphatic carbocycles. The molecule has 0 aromatic heterocycles. The molecule has 0 aromatic rings. The fraction of sp³-hybridized carbons (Fsp3) is 0. The molecular formula is Cl2INi-. The van der Waals surface area contributed by atoms with Gasteiger partial charge >= 0.3 is 49.3 Å². The van der Waals surface area contributed by atoms with Crippen LogP contribution in [0.4, 0.5) is 0 Å². The van der Waals surface area contributed by atoms with Crippen molar-refractivity contribution in [2.24, 2.45) is 0 Å². The summed E-state index contributed by atoms with van der Waals surface area (Å²) in [5, 5.41) is 0. The van der Waals surface area contributed by atoms with Crippen LogP contribution in [0.1, 0.15) is 0 Å². The number of rotatable bonds is 0. The molecule has 0 amide bonds. The van der Waals surface area contributed by atoms with Crippen LogP contribution in [0.15, 0.2) is 0 Å². The standard InChI is InChI=1S/2ClH.HI.Ni/h3*1H;/q;;;+2/p-3. The molecule has 0 radical (unpaired) electrons. The molecule has 0 saturated heterocycles. The van der Waals surface area contributed by atoms with E-state index in [1.54, 1.807) is 0 Å². The van der Waals surface area contributed by atoms with Crippen molar-refractivity contribution in [1.29, 1.82) is 0 Å². The summed E-state index contributed by atoms with van der Waals surface area (Å²) in [7, 11) is 9.59. The summed E-state index contributed by atoms with van der Waals surface area (Å²) >= 11 is 1.92. The molecule has 0 saturated carbocycles. The molecule has 0 aromatic carbocycles. The molecule has 4 heteroatoms. The third-order valence-electron chi connectivity index (χ3n) is 0. The Morgan fingerprint density at radius 2 is 1.50 bits per heavy atom. The van der Waals surface area contributed by atoms with E-state index in [0.29, 0.717) is 0 Å². The van der Waals surface area contributed by atoms with Gasteiger partial charge in [0, 0.05) is 0 Å². The van der Waals surface area contributed by atoms with Gasteiger partial charge in [-0.15, -0.1) is 0 Å². The van der Waals surface area contributed by atoms with Gasteiger partial charge in [-0.2, -0.15) is 0 Å². The van der Waals surface area contributed by atoms with Crippen LogP contribution in [0.25, 0.3) is 0 Å². The first kappa shape index (κ1) is 5.80. The Kier molecular flexibility index (Phi) is 4.37. The van der Waals surface area contributed by atoms with Gasteiger partial charge in [0.2, 0.25) is 0 Å². The van der Waals surface area contributed by atoms with E-state index in [2.05, 4.69) is 0 Å². The molecular weight excluding hydrogens is 257 g/mol. The van der Waals surface area contributed by atoms with E-state index in [0.717, 1.165) is 0 Å². The van der Waals surface area contributed by atoms with Crippen molar-refractivity contribution in [3.8, 4) is 0 Å². The predicted octanol–water partition coefficient (Wildman–Crippen LogP) is 2.26. The quantitative estimate of drug-likeness (QED) is 0.461. The van der Waals surface area contributed by atoms with E-state index in [4.69, 9.17) is 20.4 Å². The van der Waals surface area contributed by atoms with Crippen molar-refractivity contribution in [3.05, 3.63) is 0 Å². The number of hydrogen-bond donors (Lipinski definition) is 0. The second-order valence-electron chi connectivity index (χ2n) is 0.136. The monoisotopic (exact) mass is 255 g/mol.